The van der Waals surface area contributed by atoms with Crippen molar-refractivity contribution in [2.75, 3.05) is 19.6 Å². The second kappa shape index (κ2) is 8.47. The first kappa shape index (κ1) is 18.7. The fourth-order valence-corrected chi connectivity index (χ4v) is 3.75. The summed E-state index contributed by atoms with van der Waals surface area (Å²) in [5.74, 6) is 0.119. The Morgan fingerprint density at radius 2 is 2.00 bits per heavy atom. The van der Waals surface area contributed by atoms with Crippen LogP contribution in [0, 0.1) is 0 Å². The Hall–Kier alpha value is -0.620. The second-order valence-corrected chi connectivity index (χ2v) is 7.42. The highest BCUT2D eigenvalue weighted by Crippen LogP contribution is 2.20. The molecule has 128 valence electrons. The van der Waals surface area contributed by atoms with E-state index >= 15 is 0 Å². The van der Waals surface area contributed by atoms with Crippen LogP contribution < -0.4 is 10.6 Å². The summed E-state index contributed by atoms with van der Waals surface area (Å²) in [5, 5.41) is 6.76. The molecule has 23 heavy (non-hydrogen) atoms. The van der Waals surface area contributed by atoms with E-state index in [4.69, 9.17) is 0 Å². The first-order valence-corrected chi connectivity index (χ1v) is 8.92. The van der Waals surface area contributed by atoms with Gasteiger partial charge in [-0.25, -0.2) is 0 Å². The summed E-state index contributed by atoms with van der Waals surface area (Å²) in [6, 6.07) is 9.39. The monoisotopic (exact) mass is 401 g/mol. The number of hydrogen-bond donors (Lipinski definition) is 2. The highest BCUT2D eigenvalue weighted by Gasteiger charge is 2.29. The fraction of sp³-hybridized carbons (Fsp3) is 0.588. The maximum Gasteiger partial charge on any atom is 0.234 e. The molecule has 2 aliphatic rings. The molecule has 3 atom stereocenters. The van der Waals surface area contributed by atoms with Crippen molar-refractivity contribution < 1.29 is 4.79 Å². The Kier molecular flexibility index (Phi) is 6.89. The van der Waals surface area contributed by atoms with Crippen molar-refractivity contribution in [2.45, 2.75) is 44.3 Å². The number of hydrogen-bond acceptors (Lipinski definition) is 3. The molecule has 1 aromatic rings. The highest BCUT2D eigenvalue weighted by atomic mass is 79.9. The first-order chi connectivity index (χ1) is 10.6. The first-order valence-electron chi connectivity index (χ1n) is 8.13. The summed E-state index contributed by atoms with van der Waals surface area (Å²) >= 11 is 3.43. The van der Waals surface area contributed by atoms with E-state index in [1.807, 2.05) is 31.2 Å². The lowest BCUT2D eigenvalue weighted by atomic mass is 10.1. The Labute approximate surface area is 152 Å². The number of halogens is 2. The normalized spacial score (nSPS) is 25.3. The third kappa shape index (κ3) is 5.18. The van der Waals surface area contributed by atoms with Crippen molar-refractivity contribution >= 4 is 34.2 Å². The zero-order chi connectivity index (χ0) is 15.5. The molecule has 0 aromatic heterocycles. The van der Waals surface area contributed by atoms with Gasteiger partial charge in [-0.2, -0.15) is 0 Å². The van der Waals surface area contributed by atoms with Crippen molar-refractivity contribution in [3.8, 4) is 0 Å². The molecule has 2 N–H and O–H groups in total. The minimum absolute atomic E-state index is 0. The van der Waals surface area contributed by atoms with Crippen LogP contribution in [-0.2, 0) is 4.79 Å². The maximum absolute atomic E-state index is 12.3. The summed E-state index contributed by atoms with van der Waals surface area (Å²) < 4.78 is 1.06. The summed E-state index contributed by atoms with van der Waals surface area (Å²) in [4.78, 5) is 14.6. The van der Waals surface area contributed by atoms with Crippen LogP contribution in [0.2, 0.25) is 0 Å². The smallest absolute Gasteiger partial charge is 0.234 e. The average molecular weight is 403 g/mol. The molecule has 4 nitrogen and oxygen atoms in total. The zero-order valence-corrected chi connectivity index (χ0v) is 15.8. The van der Waals surface area contributed by atoms with E-state index in [1.54, 1.807) is 0 Å². The van der Waals surface area contributed by atoms with Gasteiger partial charge in [-0.3, -0.25) is 9.69 Å². The van der Waals surface area contributed by atoms with Crippen LogP contribution in [0.4, 0.5) is 0 Å². The van der Waals surface area contributed by atoms with E-state index in [1.165, 1.54) is 12.8 Å². The summed E-state index contributed by atoms with van der Waals surface area (Å²) in [5.41, 5.74) is 1.13. The lowest BCUT2D eigenvalue weighted by Gasteiger charge is -2.24. The van der Waals surface area contributed by atoms with Crippen LogP contribution in [-0.4, -0.2) is 42.5 Å². The van der Waals surface area contributed by atoms with Gasteiger partial charge in [0.05, 0.1) is 12.6 Å². The van der Waals surface area contributed by atoms with Crippen molar-refractivity contribution in [3.63, 3.8) is 0 Å². The topological polar surface area (TPSA) is 44.4 Å². The van der Waals surface area contributed by atoms with Crippen LogP contribution in [0.25, 0.3) is 0 Å². The van der Waals surface area contributed by atoms with Crippen molar-refractivity contribution in [2.24, 2.45) is 0 Å². The van der Waals surface area contributed by atoms with Gasteiger partial charge in [0.25, 0.3) is 0 Å². The standard InChI is InChI=1S/C17H24BrN3O.ClH/c1-12(13-2-4-14(18)5-3-13)19-17(22)11-21-9-8-15-6-7-16(10-21)20-15;/h2-5,12,15-16,20H,6-11H2,1H3,(H,19,22);1H. The van der Waals surface area contributed by atoms with Crippen LogP contribution in [0.5, 0.6) is 0 Å². The predicted octanol–water partition coefficient (Wildman–Crippen LogP) is 2.87. The van der Waals surface area contributed by atoms with Gasteiger partial charge in [-0.15, -0.1) is 12.4 Å². The van der Waals surface area contributed by atoms with E-state index in [2.05, 4.69) is 31.5 Å². The molecule has 3 rings (SSSR count). The van der Waals surface area contributed by atoms with E-state index in [-0.39, 0.29) is 24.4 Å². The Balaban J connectivity index is 0.00000192. The quantitative estimate of drug-likeness (QED) is 0.814. The Morgan fingerprint density at radius 3 is 2.74 bits per heavy atom. The molecule has 2 bridgehead atoms. The predicted molar refractivity (Wildman–Crippen MR) is 99.0 cm³/mol. The lowest BCUT2D eigenvalue weighted by Crippen LogP contribution is -2.42. The number of rotatable bonds is 4. The van der Waals surface area contributed by atoms with Gasteiger partial charge < -0.3 is 10.6 Å². The molecule has 2 heterocycles. The number of fused-ring (bicyclic) bond motifs is 2. The van der Waals surface area contributed by atoms with Gasteiger partial charge >= 0.3 is 0 Å². The van der Waals surface area contributed by atoms with Gasteiger partial charge in [-0.1, -0.05) is 28.1 Å². The minimum atomic E-state index is 0. The number of carbonyl (C=O) groups is 1. The molecule has 6 heteroatoms. The second-order valence-electron chi connectivity index (χ2n) is 6.50. The van der Waals surface area contributed by atoms with Crippen molar-refractivity contribution in [1.82, 2.24) is 15.5 Å². The Morgan fingerprint density at radius 1 is 1.30 bits per heavy atom. The molecule has 1 aromatic carbocycles. The average Bonchev–Trinajstić information content (AvgIpc) is 2.82. The van der Waals surface area contributed by atoms with Crippen molar-refractivity contribution in [1.29, 1.82) is 0 Å². The SMILES string of the molecule is CC(NC(=O)CN1CCC2CCC(C1)N2)c1ccc(Br)cc1.Cl. The van der Waals surface area contributed by atoms with Crippen LogP contribution in [0.15, 0.2) is 28.7 Å². The van der Waals surface area contributed by atoms with Gasteiger partial charge in [0, 0.05) is 29.6 Å². The van der Waals surface area contributed by atoms with Crippen LogP contribution >= 0.6 is 28.3 Å². The van der Waals surface area contributed by atoms with E-state index in [0.29, 0.717) is 18.6 Å². The van der Waals surface area contributed by atoms with E-state index < -0.39 is 0 Å². The lowest BCUT2D eigenvalue weighted by molar-refractivity contribution is -0.122. The van der Waals surface area contributed by atoms with Crippen LogP contribution in [0.1, 0.15) is 37.8 Å². The third-order valence-electron chi connectivity index (χ3n) is 4.72. The number of nitrogens with one attached hydrogen (secondary N) is 2. The molecule has 0 aliphatic carbocycles. The maximum atomic E-state index is 12.3. The summed E-state index contributed by atoms with van der Waals surface area (Å²) in [6.45, 7) is 4.56. The molecule has 2 aliphatic heterocycles. The molecular weight excluding hydrogens is 378 g/mol. The summed E-state index contributed by atoms with van der Waals surface area (Å²) in [7, 11) is 0. The summed E-state index contributed by atoms with van der Waals surface area (Å²) in [6.07, 6.45) is 3.70. The molecular formula is C17H25BrClN3O. The minimum Gasteiger partial charge on any atom is -0.348 e. The van der Waals surface area contributed by atoms with Gasteiger partial charge in [-0.05, 0) is 43.9 Å². The fourth-order valence-electron chi connectivity index (χ4n) is 3.48. The molecule has 1 amide bonds. The number of nitrogens with zero attached hydrogens (tertiary/aromatic N) is 1. The van der Waals surface area contributed by atoms with Gasteiger partial charge in [0.15, 0.2) is 0 Å². The molecule has 3 unspecified atom stereocenters. The van der Waals surface area contributed by atoms with E-state index in [9.17, 15) is 4.79 Å². The molecule has 0 spiro atoms. The molecule has 2 saturated heterocycles. The van der Waals surface area contributed by atoms with Crippen LogP contribution in [0.3, 0.4) is 0 Å². The molecule has 0 radical (unpaired) electrons. The molecule has 2 fully saturated rings. The zero-order valence-electron chi connectivity index (χ0n) is 13.4. The third-order valence-corrected chi connectivity index (χ3v) is 5.25. The number of likely N-dealkylation sites (tertiary alicyclic amines) is 1. The number of amides is 1. The van der Waals surface area contributed by atoms with Gasteiger partial charge in [0.1, 0.15) is 0 Å². The molecule has 0 saturated carbocycles. The largest absolute Gasteiger partial charge is 0.348 e. The van der Waals surface area contributed by atoms with Gasteiger partial charge in [0.2, 0.25) is 5.91 Å². The number of benzene rings is 1. The van der Waals surface area contributed by atoms with E-state index in [0.717, 1.165) is 29.5 Å². The van der Waals surface area contributed by atoms with Crippen molar-refractivity contribution in [3.05, 3.63) is 34.3 Å². The highest BCUT2D eigenvalue weighted by molar-refractivity contribution is 9.10. The Bertz CT molecular complexity index is 525. The number of carbonyl (C=O) groups excluding carboxylic acids is 1.